The molecule has 0 saturated carbocycles. The van der Waals surface area contributed by atoms with Gasteiger partial charge in [-0.15, -0.1) is 0 Å². The molecule has 0 bridgehead atoms. The second kappa shape index (κ2) is 8.89. The highest BCUT2D eigenvalue weighted by atomic mass is 79.9. The predicted octanol–water partition coefficient (Wildman–Crippen LogP) is 5.45. The van der Waals surface area contributed by atoms with Crippen LogP contribution in [0.5, 0.6) is 11.5 Å². The molecule has 2 atom stereocenters. The zero-order valence-electron chi connectivity index (χ0n) is 16.1. The number of benzene rings is 2. The SMILES string of the molecule is CCOc1cccc([C@@H]2CC(c3ccc(Br)cc3)=N[C@H](CC(C)C)N2)c1O. The molecule has 4 nitrogen and oxygen atoms in total. The van der Waals surface area contributed by atoms with Crippen molar-refractivity contribution in [3.05, 3.63) is 58.1 Å². The lowest BCUT2D eigenvalue weighted by Crippen LogP contribution is -2.39. The highest BCUT2D eigenvalue weighted by Gasteiger charge is 2.28. The Morgan fingerprint density at radius 2 is 1.96 bits per heavy atom. The van der Waals surface area contributed by atoms with E-state index in [1.54, 1.807) is 6.07 Å². The highest BCUT2D eigenvalue weighted by Crippen LogP contribution is 2.37. The van der Waals surface area contributed by atoms with Crippen LogP contribution >= 0.6 is 15.9 Å². The van der Waals surface area contributed by atoms with Crippen molar-refractivity contribution >= 4 is 21.6 Å². The van der Waals surface area contributed by atoms with Crippen LogP contribution in [0.3, 0.4) is 0 Å². The number of aliphatic imine (C=N–C) groups is 1. The molecular weight excluding hydrogens is 404 g/mol. The fraction of sp³-hybridized carbons (Fsp3) is 0.409. The fourth-order valence-corrected chi connectivity index (χ4v) is 3.72. The van der Waals surface area contributed by atoms with Crippen molar-refractivity contribution in [3.63, 3.8) is 0 Å². The molecule has 1 aliphatic rings. The predicted molar refractivity (Wildman–Crippen MR) is 114 cm³/mol. The van der Waals surface area contributed by atoms with Crippen LogP contribution in [0.2, 0.25) is 0 Å². The van der Waals surface area contributed by atoms with Crippen LogP contribution in [0.25, 0.3) is 0 Å². The van der Waals surface area contributed by atoms with E-state index in [4.69, 9.17) is 9.73 Å². The normalized spacial score (nSPS) is 19.8. The topological polar surface area (TPSA) is 53.8 Å². The molecule has 1 heterocycles. The van der Waals surface area contributed by atoms with Crippen molar-refractivity contribution in [2.45, 2.75) is 45.8 Å². The van der Waals surface area contributed by atoms with Gasteiger partial charge < -0.3 is 9.84 Å². The molecule has 2 N–H and O–H groups in total. The Morgan fingerprint density at radius 3 is 2.63 bits per heavy atom. The first-order chi connectivity index (χ1) is 13.0. The van der Waals surface area contributed by atoms with Gasteiger partial charge in [-0.3, -0.25) is 10.3 Å². The lowest BCUT2D eigenvalue weighted by Gasteiger charge is -2.31. The van der Waals surface area contributed by atoms with Crippen LogP contribution in [0, 0.1) is 5.92 Å². The molecule has 2 aromatic rings. The molecule has 3 rings (SSSR count). The van der Waals surface area contributed by atoms with Crippen molar-refractivity contribution in [3.8, 4) is 11.5 Å². The Bertz CT molecular complexity index is 802. The van der Waals surface area contributed by atoms with Gasteiger partial charge >= 0.3 is 0 Å². The van der Waals surface area contributed by atoms with Gasteiger partial charge in [-0.1, -0.05) is 54.0 Å². The summed E-state index contributed by atoms with van der Waals surface area (Å²) in [6.07, 6.45) is 1.69. The van der Waals surface area contributed by atoms with E-state index >= 15 is 0 Å². The second-order valence-electron chi connectivity index (χ2n) is 7.28. The van der Waals surface area contributed by atoms with Gasteiger partial charge in [0.25, 0.3) is 0 Å². The number of hydrogen-bond donors (Lipinski definition) is 2. The number of aromatic hydroxyl groups is 1. The third kappa shape index (κ3) is 4.90. The van der Waals surface area contributed by atoms with E-state index < -0.39 is 0 Å². The number of ether oxygens (including phenoxy) is 1. The molecule has 0 aromatic heterocycles. The van der Waals surface area contributed by atoms with Gasteiger partial charge in [-0.25, -0.2) is 0 Å². The average Bonchev–Trinajstić information content (AvgIpc) is 2.63. The summed E-state index contributed by atoms with van der Waals surface area (Å²) in [7, 11) is 0. The number of nitrogens with one attached hydrogen (secondary N) is 1. The van der Waals surface area contributed by atoms with E-state index in [2.05, 4.69) is 47.2 Å². The van der Waals surface area contributed by atoms with E-state index in [-0.39, 0.29) is 18.0 Å². The minimum absolute atomic E-state index is 0.00898. The molecule has 1 aliphatic heterocycles. The Balaban J connectivity index is 1.94. The van der Waals surface area contributed by atoms with Gasteiger partial charge in [0.2, 0.25) is 0 Å². The zero-order valence-corrected chi connectivity index (χ0v) is 17.7. The summed E-state index contributed by atoms with van der Waals surface area (Å²) >= 11 is 3.50. The van der Waals surface area contributed by atoms with Gasteiger partial charge in [0.1, 0.15) is 6.17 Å². The maximum absolute atomic E-state index is 10.7. The number of halogens is 1. The largest absolute Gasteiger partial charge is 0.504 e. The molecule has 0 radical (unpaired) electrons. The van der Waals surface area contributed by atoms with Crippen molar-refractivity contribution in [2.75, 3.05) is 6.61 Å². The van der Waals surface area contributed by atoms with Crippen molar-refractivity contribution in [1.82, 2.24) is 5.32 Å². The number of phenols is 1. The van der Waals surface area contributed by atoms with Crippen LogP contribution in [-0.4, -0.2) is 23.6 Å². The van der Waals surface area contributed by atoms with E-state index in [1.807, 2.05) is 31.2 Å². The summed E-state index contributed by atoms with van der Waals surface area (Å²) in [4.78, 5) is 4.96. The minimum Gasteiger partial charge on any atom is -0.504 e. The van der Waals surface area contributed by atoms with E-state index in [0.717, 1.165) is 34.2 Å². The lowest BCUT2D eigenvalue weighted by molar-refractivity contribution is 0.311. The van der Waals surface area contributed by atoms with Gasteiger partial charge in [-0.2, -0.15) is 0 Å². The first-order valence-corrected chi connectivity index (χ1v) is 10.3. The Labute approximate surface area is 169 Å². The van der Waals surface area contributed by atoms with Crippen molar-refractivity contribution < 1.29 is 9.84 Å². The minimum atomic E-state index is -0.00898. The Kier molecular flexibility index (Phi) is 6.55. The molecule has 2 aromatic carbocycles. The van der Waals surface area contributed by atoms with Crippen LogP contribution in [0.4, 0.5) is 0 Å². The van der Waals surface area contributed by atoms with E-state index in [9.17, 15) is 5.11 Å². The Hall–Kier alpha value is -1.85. The summed E-state index contributed by atoms with van der Waals surface area (Å²) < 4.78 is 6.62. The second-order valence-corrected chi connectivity index (χ2v) is 8.19. The number of nitrogens with zero attached hydrogens (tertiary/aromatic N) is 1. The third-order valence-corrected chi connectivity index (χ3v) is 5.21. The van der Waals surface area contributed by atoms with Crippen molar-refractivity contribution in [1.29, 1.82) is 0 Å². The molecule has 0 spiro atoms. The molecular formula is C22H27BrN2O2. The van der Waals surface area contributed by atoms with Crippen LogP contribution in [-0.2, 0) is 0 Å². The number of rotatable bonds is 6. The molecule has 0 unspecified atom stereocenters. The van der Waals surface area contributed by atoms with Crippen LogP contribution in [0.1, 0.15) is 50.8 Å². The molecule has 144 valence electrons. The summed E-state index contributed by atoms with van der Waals surface area (Å²) in [6.45, 7) is 6.85. The molecule has 0 amide bonds. The van der Waals surface area contributed by atoms with E-state index in [1.165, 1.54) is 0 Å². The summed E-state index contributed by atoms with van der Waals surface area (Å²) in [5, 5.41) is 14.3. The Morgan fingerprint density at radius 1 is 1.22 bits per heavy atom. The fourth-order valence-electron chi connectivity index (χ4n) is 3.46. The monoisotopic (exact) mass is 430 g/mol. The molecule has 27 heavy (non-hydrogen) atoms. The molecule has 0 fully saturated rings. The molecule has 5 heteroatoms. The van der Waals surface area contributed by atoms with Gasteiger partial charge in [0.05, 0.1) is 6.61 Å². The quantitative estimate of drug-likeness (QED) is 0.640. The number of hydrogen-bond acceptors (Lipinski definition) is 4. The van der Waals surface area contributed by atoms with Gasteiger partial charge in [0.15, 0.2) is 11.5 Å². The number of phenolic OH excluding ortho intramolecular Hbond substituents is 1. The summed E-state index contributed by atoms with van der Waals surface area (Å²) in [6, 6.07) is 14.0. The smallest absolute Gasteiger partial charge is 0.162 e. The number of para-hydroxylation sites is 1. The van der Waals surface area contributed by atoms with Crippen molar-refractivity contribution in [2.24, 2.45) is 10.9 Å². The average molecular weight is 431 g/mol. The standard InChI is InChI=1S/C22H27BrN2O2/c1-4-27-20-7-5-6-17(22(20)26)19-13-18(15-8-10-16(23)11-9-15)24-21(25-19)12-14(2)3/h5-11,14,19,21,25-26H,4,12-13H2,1-3H3/t19-,21-/m0/s1. The third-order valence-electron chi connectivity index (χ3n) is 4.68. The lowest BCUT2D eigenvalue weighted by atomic mass is 9.93. The van der Waals surface area contributed by atoms with E-state index in [0.29, 0.717) is 18.3 Å². The van der Waals surface area contributed by atoms with Gasteiger partial charge in [-0.05, 0) is 43.0 Å². The van der Waals surface area contributed by atoms with Crippen LogP contribution < -0.4 is 10.1 Å². The van der Waals surface area contributed by atoms with Gasteiger partial charge in [0, 0.05) is 28.2 Å². The maximum Gasteiger partial charge on any atom is 0.162 e. The molecule has 0 saturated heterocycles. The zero-order chi connectivity index (χ0) is 19.4. The maximum atomic E-state index is 10.7. The highest BCUT2D eigenvalue weighted by molar-refractivity contribution is 9.10. The summed E-state index contributed by atoms with van der Waals surface area (Å²) in [5.74, 6) is 1.28. The summed E-state index contributed by atoms with van der Waals surface area (Å²) in [5.41, 5.74) is 3.05. The molecule has 0 aliphatic carbocycles. The first-order valence-electron chi connectivity index (χ1n) is 9.51. The first kappa shape index (κ1) is 19.9. The van der Waals surface area contributed by atoms with Crippen LogP contribution in [0.15, 0.2) is 51.9 Å².